The fourth-order valence-electron chi connectivity index (χ4n) is 3.20. The zero-order valence-corrected chi connectivity index (χ0v) is 16.2. The lowest BCUT2D eigenvalue weighted by Crippen LogP contribution is -2.00. The van der Waals surface area contributed by atoms with Gasteiger partial charge in [-0.15, -0.1) is 0 Å². The normalized spacial score (nSPS) is 11.0. The van der Waals surface area contributed by atoms with Gasteiger partial charge in [-0.25, -0.2) is 0 Å². The highest BCUT2D eigenvalue weighted by molar-refractivity contribution is 5.90. The van der Waals surface area contributed by atoms with Gasteiger partial charge in [0, 0.05) is 17.0 Å². The van der Waals surface area contributed by atoms with Gasteiger partial charge in [0.25, 0.3) is 0 Å². The number of hydrogen-bond donors (Lipinski definition) is 0. The Hall–Kier alpha value is -4.01. The first-order valence-electron chi connectivity index (χ1n) is 8.73. The van der Waals surface area contributed by atoms with Crippen LogP contribution in [-0.2, 0) is 0 Å². The zero-order chi connectivity index (χ0) is 20.4. The van der Waals surface area contributed by atoms with Crippen LogP contribution in [0.15, 0.2) is 34.7 Å². The van der Waals surface area contributed by atoms with E-state index < -0.39 is 0 Å². The second-order valence-corrected chi connectivity index (χ2v) is 6.60. The summed E-state index contributed by atoms with van der Waals surface area (Å²) in [5.74, 6) is 1.22. The Balaban J connectivity index is 2.13. The van der Waals surface area contributed by atoms with Gasteiger partial charge in [-0.05, 0) is 63.1 Å². The minimum absolute atomic E-state index is 0.497. The molecule has 0 aliphatic heterocycles. The van der Waals surface area contributed by atoms with Crippen LogP contribution in [0.2, 0.25) is 0 Å². The van der Waals surface area contributed by atoms with Crippen molar-refractivity contribution in [3.05, 3.63) is 75.3 Å². The van der Waals surface area contributed by atoms with Crippen molar-refractivity contribution in [3.63, 3.8) is 0 Å². The maximum absolute atomic E-state index is 9.62. The molecule has 2 heterocycles. The Labute approximate surface area is 164 Å². The van der Waals surface area contributed by atoms with Gasteiger partial charge < -0.3 is 4.42 Å². The highest BCUT2D eigenvalue weighted by Gasteiger charge is 2.20. The van der Waals surface area contributed by atoms with Gasteiger partial charge in [-0.2, -0.15) is 15.8 Å². The third-order valence-corrected chi connectivity index (χ3v) is 4.90. The van der Waals surface area contributed by atoms with Crippen molar-refractivity contribution in [2.75, 3.05) is 0 Å². The first-order chi connectivity index (χ1) is 13.4. The number of aryl methyl sites for hydroxylation is 2. The molecule has 0 saturated heterocycles. The van der Waals surface area contributed by atoms with Crippen molar-refractivity contribution < 1.29 is 4.42 Å². The van der Waals surface area contributed by atoms with Gasteiger partial charge in [0.1, 0.15) is 17.4 Å². The monoisotopic (exact) mass is 366 g/mol. The summed E-state index contributed by atoms with van der Waals surface area (Å²) >= 11 is 0. The van der Waals surface area contributed by atoms with Crippen molar-refractivity contribution in [2.45, 2.75) is 27.7 Å². The fourth-order valence-corrected chi connectivity index (χ4v) is 3.20. The first-order valence-corrected chi connectivity index (χ1v) is 8.73. The first kappa shape index (κ1) is 18.8. The van der Waals surface area contributed by atoms with Gasteiger partial charge in [0.05, 0.1) is 23.3 Å². The predicted octanol–water partition coefficient (Wildman–Crippen LogP) is 5.11. The molecule has 0 aliphatic rings. The summed E-state index contributed by atoms with van der Waals surface area (Å²) in [7, 11) is 0. The quantitative estimate of drug-likeness (QED) is 0.602. The number of hydrogen-bond acceptors (Lipinski definition) is 4. The number of allylic oxidation sites excluding steroid dienone is 1. The van der Waals surface area contributed by atoms with Crippen molar-refractivity contribution in [3.8, 4) is 24.1 Å². The molecule has 0 aliphatic carbocycles. The Morgan fingerprint density at radius 2 is 1.68 bits per heavy atom. The Bertz CT molecular complexity index is 1220. The molecule has 0 unspecified atom stereocenters. The molecule has 0 spiro atoms. The van der Waals surface area contributed by atoms with E-state index >= 15 is 0 Å². The number of rotatable bonds is 3. The Morgan fingerprint density at radius 1 is 1.00 bits per heavy atom. The third kappa shape index (κ3) is 3.09. The summed E-state index contributed by atoms with van der Waals surface area (Å²) in [6.45, 7) is 7.58. The van der Waals surface area contributed by atoms with Gasteiger partial charge in [-0.3, -0.25) is 4.57 Å². The molecule has 5 nitrogen and oxygen atoms in total. The van der Waals surface area contributed by atoms with Crippen LogP contribution in [0.25, 0.3) is 17.5 Å². The lowest BCUT2D eigenvalue weighted by Gasteiger charge is -2.06. The average molecular weight is 366 g/mol. The minimum Gasteiger partial charge on any atom is -0.443 e. The molecule has 3 rings (SSSR count). The second kappa shape index (κ2) is 7.31. The SMILES string of the molecule is Cc1oc(-n2c(C)cc(/C=C(/C#N)c3ccc(C#N)cc3)c2C)c(C#N)c1C. The number of benzene rings is 1. The molecule has 0 bridgehead atoms. The van der Waals surface area contributed by atoms with E-state index in [1.807, 2.05) is 44.4 Å². The maximum Gasteiger partial charge on any atom is 0.222 e. The molecule has 0 atom stereocenters. The van der Waals surface area contributed by atoms with Crippen molar-refractivity contribution >= 4 is 11.6 Å². The van der Waals surface area contributed by atoms with Crippen molar-refractivity contribution in [1.82, 2.24) is 4.57 Å². The van der Waals surface area contributed by atoms with Gasteiger partial charge in [0.2, 0.25) is 5.88 Å². The molecular formula is C23H18N4O. The largest absolute Gasteiger partial charge is 0.443 e. The summed E-state index contributed by atoms with van der Waals surface area (Å²) in [5.41, 5.74) is 5.79. The predicted molar refractivity (Wildman–Crippen MR) is 106 cm³/mol. The van der Waals surface area contributed by atoms with Gasteiger partial charge in [0.15, 0.2) is 0 Å². The summed E-state index contributed by atoms with van der Waals surface area (Å²) < 4.78 is 7.76. The van der Waals surface area contributed by atoms with E-state index in [1.165, 1.54) is 0 Å². The van der Waals surface area contributed by atoms with E-state index in [-0.39, 0.29) is 0 Å². The van der Waals surface area contributed by atoms with Gasteiger partial charge >= 0.3 is 0 Å². The Kier molecular flexibility index (Phi) is 4.90. The third-order valence-electron chi connectivity index (χ3n) is 4.90. The molecule has 0 radical (unpaired) electrons. The minimum atomic E-state index is 0.497. The van der Waals surface area contributed by atoms with Gasteiger partial charge in [-0.1, -0.05) is 12.1 Å². The molecule has 0 N–H and O–H groups in total. The zero-order valence-electron chi connectivity index (χ0n) is 16.2. The number of aromatic nitrogens is 1. The number of nitrogens with zero attached hydrogens (tertiary/aromatic N) is 4. The number of furan rings is 1. The van der Waals surface area contributed by atoms with E-state index in [9.17, 15) is 10.5 Å². The van der Waals surface area contributed by atoms with Crippen LogP contribution < -0.4 is 0 Å². The molecular weight excluding hydrogens is 348 g/mol. The lowest BCUT2D eigenvalue weighted by molar-refractivity contribution is 0.503. The molecule has 5 heteroatoms. The molecule has 1 aromatic carbocycles. The lowest BCUT2D eigenvalue weighted by atomic mass is 10.0. The van der Waals surface area contributed by atoms with E-state index in [0.29, 0.717) is 28.3 Å². The van der Waals surface area contributed by atoms with Crippen LogP contribution in [0.3, 0.4) is 0 Å². The van der Waals surface area contributed by atoms with Crippen LogP contribution in [0, 0.1) is 61.7 Å². The van der Waals surface area contributed by atoms with Crippen LogP contribution in [0.1, 0.15) is 45.0 Å². The van der Waals surface area contributed by atoms with Crippen LogP contribution in [0.4, 0.5) is 0 Å². The summed E-state index contributed by atoms with van der Waals surface area (Å²) in [6.07, 6.45) is 1.81. The molecule has 136 valence electrons. The van der Waals surface area contributed by atoms with Crippen molar-refractivity contribution in [1.29, 1.82) is 15.8 Å². The van der Waals surface area contributed by atoms with E-state index in [4.69, 9.17) is 9.68 Å². The smallest absolute Gasteiger partial charge is 0.222 e. The standard InChI is InChI=1S/C23H18N4O/c1-14-9-20(10-21(12-25)19-7-5-18(11-24)6-8-19)16(3)27(14)23-22(13-26)15(2)17(4)28-23/h5-10H,1-4H3/b21-10-. The van der Waals surface area contributed by atoms with E-state index in [0.717, 1.165) is 28.1 Å². The van der Waals surface area contributed by atoms with Crippen LogP contribution >= 0.6 is 0 Å². The molecule has 28 heavy (non-hydrogen) atoms. The van der Waals surface area contributed by atoms with Crippen LogP contribution in [-0.4, -0.2) is 4.57 Å². The highest BCUT2D eigenvalue weighted by atomic mass is 16.4. The molecule has 0 amide bonds. The Morgan fingerprint density at radius 3 is 2.25 bits per heavy atom. The second-order valence-electron chi connectivity index (χ2n) is 6.60. The molecule has 2 aromatic heterocycles. The highest BCUT2D eigenvalue weighted by Crippen LogP contribution is 2.30. The summed E-state index contributed by atoms with van der Waals surface area (Å²) in [6, 6.07) is 15.4. The van der Waals surface area contributed by atoms with E-state index in [2.05, 4.69) is 18.2 Å². The fraction of sp³-hybridized carbons (Fsp3) is 0.174. The summed E-state index contributed by atoms with van der Waals surface area (Å²) in [4.78, 5) is 0. The van der Waals surface area contributed by atoms with Crippen LogP contribution in [0.5, 0.6) is 0 Å². The summed E-state index contributed by atoms with van der Waals surface area (Å²) in [5, 5.41) is 28.1. The molecule has 0 fully saturated rings. The number of nitriles is 3. The molecule has 3 aromatic rings. The maximum atomic E-state index is 9.62. The van der Waals surface area contributed by atoms with E-state index in [1.54, 1.807) is 24.3 Å². The topological polar surface area (TPSA) is 89.4 Å². The molecule has 0 saturated carbocycles. The average Bonchev–Trinajstić information content (AvgIpc) is 3.14. The van der Waals surface area contributed by atoms with Crippen molar-refractivity contribution in [2.24, 2.45) is 0 Å².